The average Bonchev–Trinajstić information content (AvgIpc) is 3.12. The fraction of sp³-hybridized carbons (Fsp3) is 0.389. The van der Waals surface area contributed by atoms with Gasteiger partial charge in [0.05, 0.1) is 22.3 Å². The molecule has 3 N–H and O–H groups in total. The molecule has 2 rings (SSSR count). The summed E-state index contributed by atoms with van der Waals surface area (Å²) in [7, 11) is 1.70. The summed E-state index contributed by atoms with van der Waals surface area (Å²) in [6, 6.07) is 4.79. The molecule has 0 unspecified atom stereocenters. The fourth-order valence-electron chi connectivity index (χ4n) is 2.15. The molecule has 9 heteroatoms. The van der Waals surface area contributed by atoms with Crippen LogP contribution < -0.4 is 16.0 Å². The van der Waals surface area contributed by atoms with E-state index in [-0.39, 0.29) is 5.91 Å². The lowest BCUT2D eigenvalue weighted by Crippen LogP contribution is -2.41. The Morgan fingerprint density at radius 2 is 1.93 bits per heavy atom. The SMILES string of the molecule is CN=C(NCCNC(=O)c1ccc(Cl)c(Cl)c1)NCc1nc(C(C)C)cs1. The number of aromatic nitrogens is 1. The first-order chi connectivity index (χ1) is 12.9. The van der Waals surface area contributed by atoms with Crippen LogP contribution in [0.2, 0.25) is 10.0 Å². The molecule has 0 radical (unpaired) electrons. The Balaban J connectivity index is 1.72. The zero-order valence-corrected chi connectivity index (χ0v) is 17.8. The normalized spacial score (nSPS) is 11.6. The first-order valence-electron chi connectivity index (χ1n) is 8.52. The summed E-state index contributed by atoms with van der Waals surface area (Å²) in [5.74, 6) is 0.869. The van der Waals surface area contributed by atoms with Gasteiger partial charge in [-0.05, 0) is 24.1 Å². The van der Waals surface area contributed by atoms with Crippen LogP contribution in [0.25, 0.3) is 0 Å². The number of hydrogen-bond donors (Lipinski definition) is 3. The van der Waals surface area contributed by atoms with Gasteiger partial charge < -0.3 is 16.0 Å². The molecule has 0 aliphatic heterocycles. The number of carbonyl (C=O) groups excluding carboxylic acids is 1. The molecule has 0 aliphatic rings. The van der Waals surface area contributed by atoms with Crippen molar-refractivity contribution in [1.29, 1.82) is 0 Å². The number of guanidine groups is 1. The van der Waals surface area contributed by atoms with Crippen LogP contribution in [0.3, 0.4) is 0 Å². The Morgan fingerprint density at radius 3 is 2.56 bits per heavy atom. The van der Waals surface area contributed by atoms with Crippen LogP contribution in [0, 0.1) is 0 Å². The monoisotopic (exact) mass is 427 g/mol. The van der Waals surface area contributed by atoms with Gasteiger partial charge in [0, 0.05) is 31.1 Å². The highest BCUT2D eigenvalue weighted by Crippen LogP contribution is 2.22. The van der Waals surface area contributed by atoms with E-state index in [1.54, 1.807) is 36.6 Å². The van der Waals surface area contributed by atoms with Crippen LogP contribution in [0.5, 0.6) is 0 Å². The highest BCUT2D eigenvalue weighted by molar-refractivity contribution is 7.09. The van der Waals surface area contributed by atoms with E-state index in [0.29, 0.717) is 47.1 Å². The number of thiazole rings is 1. The van der Waals surface area contributed by atoms with Crippen molar-refractivity contribution in [3.63, 3.8) is 0 Å². The molecule has 0 bridgehead atoms. The molecule has 27 heavy (non-hydrogen) atoms. The van der Waals surface area contributed by atoms with Crippen LogP contribution in [0.15, 0.2) is 28.6 Å². The first-order valence-corrected chi connectivity index (χ1v) is 10.2. The second-order valence-electron chi connectivity index (χ2n) is 6.06. The number of amides is 1. The Morgan fingerprint density at radius 1 is 1.19 bits per heavy atom. The molecule has 0 saturated carbocycles. The van der Waals surface area contributed by atoms with E-state index in [9.17, 15) is 4.79 Å². The third kappa shape index (κ3) is 6.68. The number of carbonyl (C=O) groups is 1. The maximum atomic E-state index is 12.1. The summed E-state index contributed by atoms with van der Waals surface area (Å²) < 4.78 is 0. The molecule has 1 heterocycles. The zero-order chi connectivity index (χ0) is 19.8. The lowest BCUT2D eigenvalue weighted by Gasteiger charge is -2.11. The van der Waals surface area contributed by atoms with Crippen molar-refractivity contribution in [1.82, 2.24) is 20.9 Å². The number of hydrogen-bond acceptors (Lipinski definition) is 4. The van der Waals surface area contributed by atoms with E-state index >= 15 is 0 Å². The predicted octanol–water partition coefficient (Wildman–Crippen LogP) is 3.67. The quantitative estimate of drug-likeness (QED) is 0.357. The maximum Gasteiger partial charge on any atom is 0.251 e. The highest BCUT2D eigenvalue weighted by atomic mass is 35.5. The molecule has 2 aromatic rings. The van der Waals surface area contributed by atoms with Crippen molar-refractivity contribution in [3.05, 3.63) is 49.9 Å². The average molecular weight is 428 g/mol. The van der Waals surface area contributed by atoms with Crippen LogP contribution in [-0.4, -0.2) is 37.0 Å². The van der Waals surface area contributed by atoms with E-state index in [1.165, 1.54) is 0 Å². The zero-order valence-electron chi connectivity index (χ0n) is 15.5. The van der Waals surface area contributed by atoms with Crippen LogP contribution >= 0.6 is 34.5 Å². The van der Waals surface area contributed by atoms with E-state index in [0.717, 1.165) is 10.7 Å². The third-order valence-corrected chi connectivity index (χ3v) is 5.28. The second kappa shape index (κ2) is 10.5. The second-order valence-corrected chi connectivity index (χ2v) is 7.82. The summed E-state index contributed by atoms with van der Waals surface area (Å²) in [5.41, 5.74) is 1.57. The number of rotatable bonds is 7. The number of benzene rings is 1. The minimum Gasteiger partial charge on any atom is -0.355 e. The molecule has 0 spiro atoms. The van der Waals surface area contributed by atoms with E-state index in [4.69, 9.17) is 23.2 Å². The van der Waals surface area contributed by atoms with Gasteiger partial charge in [0.25, 0.3) is 5.91 Å². The van der Waals surface area contributed by atoms with Gasteiger partial charge in [0.2, 0.25) is 0 Å². The Kier molecular flexibility index (Phi) is 8.34. The fourth-order valence-corrected chi connectivity index (χ4v) is 3.34. The smallest absolute Gasteiger partial charge is 0.251 e. The van der Waals surface area contributed by atoms with Gasteiger partial charge in [-0.25, -0.2) is 4.98 Å². The van der Waals surface area contributed by atoms with Crippen molar-refractivity contribution >= 4 is 46.4 Å². The molecule has 1 amide bonds. The molecule has 1 aromatic heterocycles. The predicted molar refractivity (Wildman–Crippen MR) is 113 cm³/mol. The largest absolute Gasteiger partial charge is 0.355 e. The first kappa shape index (κ1) is 21.5. The van der Waals surface area contributed by atoms with Gasteiger partial charge in [-0.3, -0.25) is 9.79 Å². The van der Waals surface area contributed by atoms with E-state index in [2.05, 4.69) is 45.2 Å². The van der Waals surface area contributed by atoms with Gasteiger partial charge in [-0.15, -0.1) is 11.3 Å². The summed E-state index contributed by atoms with van der Waals surface area (Å²) in [4.78, 5) is 20.8. The number of aliphatic imine (C=N–C) groups is 1. The number of nitrogens with zero attached hydrogens (tertiary/aromatic N) is 2. The number of nitrogens with one attached hydrogen (secondary N) is 3. The molecule has 1 aromatic carbocycles. The lowest BCUT2D eigenvalue weighted by atomic mass is 10.2. The van der Waals surface area contributed by atoms with Crippen molar-refractivity contribution in [3.8, 4) is 0 Å². The van der Waals surface area contributed by atoms with Gasteiger partial charge in [-0.1, -0.05) is 37.0 Å². The lowest BCUT2D eigenvalue weighted by molar-refractivity contribution is 0.0954. The Labute approximate surface area is 173 Å². The van der Waals surface area contributed by atoms with Gasteiger partial charge in [0.1, 0.15) is 5.01 Å². The Bertz CT molecular complexity index is 807. The van der Waals surface area contributed by atoms with Crippen molar-refractivity contribution in [2.24, 2.45) is 4.99 Å². The standard InChI is InChI=1S/C18H23Cl2N5OS/c1-11(2)15-10-27-16(25-15)9-24-18(21-3)23-7-6-22-17(26)12-4-5-13(19)14(20)8-12/h4-5,8,10-11H,6-7,9H2,1-3H3,(H,22,26)(H2,21,23,24). The molecule has 0 atom stereocenters. The molecular weight excluding hydrogens is 405 g/mol. The van der Waals surface area contributed by atoms with Gasteiger partial charge in [-0.2, -0.15) is 0 Å². The molecule has 6 nitrogen and oxygen atoms in total. The van der Waals surface area contributed by atoms with Crippen LogP contribution in [0.4, 0.5) is 0 Å². The van der Waals surface area contributed by atoms with E-state index in [1.807, 2.05) is 0 Å². The third-order valence-electron chi connectivity index (χ3n) is 3.68. The van der Waals surface area contributed by atoms with Crippen molar-refractivity contribution < 1.29 is 4.79 Å². The number of halogens is 2. The van der Waals surface area contributed by atoms with Crippen molar-refractivity contribution in [2.45, 2.75) is 26.3 Å². The van der Waals surface area contributed by atoms with Gasteiger partial charge in [0.15, 0.2) is 5.96 Å². The molecule has 0 fully saturated rings. The minimum absolute atomic E-state index is 0.206. The minimum atomic E-state index is -0.206. The molecule has 146 valence electrons. The summed E-state index contributed by atoms with van der Waals surface area (Å²) in [5, 5.41) is 13.0. The Hall–Kier alpha value is -1.83. The molecular formula is C18H23Cl2N5OS. The summed E-state index contributed by atoms with van der Waals surface area (Å²) in [6.07, 6.45) is 0. The van der Waals surface area contributed by atoms with Gasteiger partial charge >= 0.3 is 0 Å². The summed E-state index contributed by atoms with van der Waals surface area (Å²) in [6.45, 7) is 5.82. The van der Waals surface area contributed by atoms with Crippen molar-refractivity contribution in [2.75, 3.05) is 20.1 Å². The maximum absolute atomic E-state index is 12.1. The van der Waals surface area contributed by atoms with Crippen LogP contribution in [-0.2, 0) is 6.54 Å². The molecule has 0 aliphatic carbocycles. The topological polar surface area (TPSA) is 78.4 Å². The van der Waals surface area contributed by atoms with E-state index < -0.39 is 0 Å². The van der Waals surface area contributed by atoms with Crippen LogP contribution in [0.1, 0.15) is 40.8 Å². The molecule has 0 saturated heterocycles. The highest BCUT2D eigenvalue weighted by Gasteiger charge is 2.08. The summed E-state index contributed by atoms with van der Waals surface area (Å²) >= 11 is 13.4.